The molecular weight excluding hydrogens is 447 g/mol. The predicted octanol–water partition coefficient (Wildman–Crippen LogP) is 4.76. The Morgan fingerprint density at radius 1 is 0.788 bits per heavy atom. The summed E-state index contributed by atoms with van der Waals surface area (Å²) in [5.41, 5.74) is 1.32. The molecule has 0 saturated carbocycles. The lowest BCUT2D eigenvalue weighted by molar-refractivity contribution is 0.415. The van der Waals surface area contributed by atoms with E-state index in [2.05, 4.69) is 15.7 Å². The van der Waals surface area contributed by atoms with Gasteiger partial charge in [0.15, 0.2) is 5.82 Å². The van der Waals surface area contributed by atoms with E-state index >= 15 is 0 Å². The van der Waals surface area contributed by atoms with Crippen molar-refractivity contribution >= 4 is 33.0 Å². The van der Waals surface area contributed by atoms with Crippen LogP contribution in [0.3, 0.4) is 0 Å². The first-order chi connectivity index (χ1) is 15.9. The SMILES string of the molecule is COc1ccc(Nc2cc(Nc3ccc(OC)cc3)n(S(=O)(=O)c3ccc(F)cc3)n2)cc1. The minimum absolute atomic E-state index is 0.0965. The summed E-state index contributed by atoms with van der Waals surface area (Å²) >= 11 is 0. The number of halogens is 1. The van der Waals surface area contributed by atoms with Gasteiger partial charge in [-0.25, -0.2) is 4.39 Å². The molecule has 170 valence electrons. The van der Waals surface area contributed by atoms with E-state index in [1.807, 2.05) is 0 Å². The molecule has 0 saturated heterocycles. The summed E-state index contributed by atoms with van der Waals surface area (Å²) in [5.74, 6) is 1.30. The number of aromatic nitrogens is 2. The average molecular weight is 469 g/mol. The predicted molar refractivity (Wildman–Crippen MR) is 124 cm³/mol. The van der Waals surface area contributed by atoms with Crippen LogP contribution in [0.25, 0.3) is 0 Å². The number of hydrogen-bond donors (Lipinski definition) is 2. The van der Waals surface area contributed by atoms with Crippen molar-refractivity contribution in [3.63, 3.8) is 0 Å². The molecule has 0 radical (unpaired) electrons. The van der Waals surface area contributed by atoms with Crippen LogP contribution in [-0.2, 0) is 10.0 Å². The summed E-state index contributed by atoms with van der Waals surface area (Å²) in [4.78, 5) is -0.0965. The lowest BCUT2D eigenvalue weighted by atomic mass is 10.3. The zero-order chi connectivity index (χ0) is 23.4. The number of methoxy groups -OCH3 is 2. The lowest BCUT2D eigenvalue weighted by Gasteiger charge is -2.11. The quantitative estimate of drug-likeness (QED) is 0.385. The molecule has 2 N–H and O–H groups in total. The fourth-order valence-electron chi connectivity index (χ4n) is 3.04. The fraction of sp³-hybridized carbons (Fsp3) is 0.0870. The Labute approximate surface area is 190 Å². The fourth-order valence-corrected chi connectivity index (χ4v) is 4.28. The second-order valence-corrected chi connectivity index (χ2v) is 8.69. The van der Waals surface area contributed by atoms with Crippen LogP contribution in [0.15, 0.2) is 83.8 Å². The van der Waals surface area contributed by atoms with Crippen molar-refractivity contribution in [2.45, 2.75) is 4.90 Å². The highest BCUT2D eigenvalue weighted by Crippen LogP contribution is 2.28. The van der Waals surface area contributed by atoms with Crippen molar-refractivity contribution < 1.29 is 22.3 Å². The highest BCUT2D eigenvalue weighted by Gasteiger charge is 2.23. The Hall–Kier alpha value is -4.05. The first-order valence-corrected chi connectivity index (χ1v) is 11.3. The molecule has 0 aliphatic carbocycles. The van der Waals surface area contributed by atoms with Crippen LogP contribution in [0.2, 0.25) is 0 Å². The molecule has 1 heterocycles. The molecule has 8 nitrogen and oxygen atoms in total. The van der Waals surface area contributed by atoms with Crippen molar-refractivity contribution in [3.05, 3.63) is 84.7 Å². The first-order valence-electron chi connectivity index (χ1n) is 9.82. The van der Waals surface area contributed by atoms with Crippen LogP contribution in [0.5, 0.6) is 11.5 Å². The molecule has 4 rings (SSSR count). The Morgan fingerprint density at radius 2 is 1.30 bits per heavy atom. The van der Waals surface area contributed by atoms with E-state index in [0.29, 0.717) is 28.7 Å². The number of benzene rings is 3. The first kappa shape index (κ1) is 22.2. The van der Waals surface area contributed by atoms with Gasteiger partial charge in [0, 0.05) is 17.4 Å². The summed E-state index contributed by atoms with van der Waals surface area (Å²) in [7, 11) is -0.979. The highest BCUT2D eigenvalue weighted by molar-refractivity contribution is 7.90. The highest BCUT2D eigenvalue weighted by atomic mass is 32.2. The number of nitrogens with one attached hydrogen (secondary N) is 2. The van der Waals surface area contributed by atoms with Crippen LogP contribution in [0.4, 0.5) is 27.4 Å². The van der Waals surface area contributed by atoms with E-state index in [0.717, 1.165) is 16.2 Å². The van der Waals surface area contributed by atoms with Crippen LogP contribution in [0, 0.1) is 5.82 Å². The van der Waals surface area contributed by atoms with Gasteiger partial charge in [-0.2, -0.15) is 8.42 Å². The average Bonchev–Trinajstić information content (AvgIpc) is 3.23. The molecule has 0 atom stereocenters. The van der Waals surface area contributed by atoms with E-state index < -0.39 is 15.8 Å². The maximum Gasteiger partial charge on any atom is 0.284 e. The van der Waals surface area contributed by atoms with E-state index in [4.69, 9.17) is 9.47 Å². The van der Waals surface area contributed by atoms with Gasteiger partial charge in [0.1, 0.15) is 23.1 Å². The Balaban J connectivity index is 1.72. The Bertz CT molecular complexity index is 1340. The monoisotopic (exact) mass is 468 g/mol. The molecule has 0 aliphatic heterocycles. The van der Waals surface area contributed by atoms with Crippen molar-refractivity contribution in [1.29, 1.82) is 0 Å². The van der Waals surface area contributed by atoms with Gasteiger partial charge < -0.3 is 20.1 Å². The number of nitrogens with zero attached hydrogens (tertiary/aromatic N) is 2. The second kappa shape index (κ2) is 9.21. The van der Waals surface area contributed by atoms with Gasteiger partial charge in [0.2, 0.25) is 0 Å². The van der Waals surface area contributed by atoms with Crippen molar-refractivity contribution in [2.24, 2.45) is 0 Å². The summed E-state index contributed by atoms with van der Waals surface area (Å²) < 4.78 is 51.1. The molecule has 0 aliphatic rings. The summed E-state index contributed by atoms with van der Waals surface area (Å²) in [6.07, 6.45) is 0. The topological polar surface area (TPSA) is 94.5 Å². The molecule has 1 aromatic heterocycles. The molecule has 3 aromatic carbocycles. The normalized spacial score (nSPS) is 11.1. The van der Waals surface area contributed by atoms with Crippen molar-refractivity contribution in [2.75, 3.05) is 24.9 Å². The maximum absolute atomic E-state index is 13.3. The van der Waals surface area contributed by atoms with Crippen LogP contribution in [0.1, 0.15) is 0 Å². The Kier molecular flexibility index (Phi) is 6.18. The van der Waals surface area contributed by atoms with E-state index in [-0.39, 0.29) is 10.7 Å². The standard InChI is InChI=1S/C23H21FN4O4S/c1-31-19-9-5-17(6-10-19)25-22-15-23(26-18-7-11-20(32-2)12-8-18)28(27-22)33(29,30)21-13-3-16(24)4-14-21/h3-15,26H,1-2H3,(H,25,27). The molecule has 10 heteroatoms. The third-order valence-electron chi connectivity index (χ3n) is 4.74. The number of hydrogen-bond acceptors (Lipinski definition) is 7. The maximum atomic E-state index is 13.3. The lowest BCUT2D eigenvalue weighted by Crippen LogP contribution is -2.17. The van der Waals surface area contributed by atoms with Crippen molar-refractivity contribution in [3.8, 4) is 11.5 Å². The van der Waals surface area contributed by atoms with Gasteiger partial charge in [0.05, 0.1) is 19.1 Å². The number of ether oxygens (including phenoxy) is 2. The molecule has 0 unspecified atom stereocenters. The molecular formula is C23H21FN4O4S. The van der Waals surface area contributed by atoms with Crippen LogP contribution in [-0.4, -0.2) is 31.8 Å². The third kappa shape index (κ3) is 4.90. The minimum atomic E-state index is -4.11. The molecule has 0 bridgehead atoms. The third-order valence-corrected chi connectivity index (χ3v) is 6.34. The van der Waals surface area contributed by atoms with Gasteiger partial charge in [0.25, 0.3) is 10.0 Å². The van der Waals surface area contributed by atoms with E-state index in [1.54, 1.807) is 68.8 Å². The van der Waals surface area contributed by atoms with E-state index in [9.17, 15) is 12.8 Å². The molecule has 0 amide bonds. The molecule has 0 spiro atoms. The van der Waals surface area contributed by atoms with Gasteiger partial charge in [-0.3, -0.25) is 0 Å². The number of anilines is 4. The summed E-state index contributed by atoms with van der Waals surface area (Å²) in [6, 6.07) is 20.2. The number of rotatable bonds is 8. The van der Waals surface area contributed by atoms with Gasteiger partial charge in [-0.1, -0.05) is 0 Å². The zero-order valence-corrected chi connectivity index (χ0v) is 18.6. The Morgan fingerprint density at radius 3 is 1.82 bits per heavy atom. The molecule has 0 fully saturated rings. The van der Waals surface area contributed by atoms with Crippen molar-refractivity contribution in [1.82, 2.24) is 9.19 Å². The van der Waals surface area contributed by atoms with Gasteiger partial charge in [-0.15, -0.1) is 9.19 Å². The van der Waals surface area contributed by atoms with Crippen LogP contribution < -0.4 is 20.1 Å². The summed E-state index contributed by atoms with van der Waals surface area (Å²) in [5, 5.41) is 10.4. The molecule has 4 aromatic rings. The molecule has 33 heavy (non-hydrogen) atoms. The van der Waals surface area contributed by atoms with Gasteiger partial charge >= 0.3 is 0 Å². The van der Waals surface area contributed by atoms with E-state index in [1.165, 1.54) is 12.1 Å². The van der Waals surface area contributed by atoms with Crippen LogP contribution >= 0.6 is 0 Å². The zero-order valence-electron chi connectivity index (χ0n) is 17.8. The largest absolute Gasteiger partial charge is 0.497 e. The van der Waals surface area contributed by atoms with Gasteiger partial charge in [-0.05, 0) is 72.8 Å². The second-order valence-electron chi connectivity index (χ2n) is 6.92. The summed E-state index contributed by atoms with van der Waals surface area (Å²) in [6.45, 7) is 0. The minimum Gasteiger partial charge on any atom is -0.497 e. The smallest absolute Gasteiger partial charge is 0.284 e.